The maximum Gasteiger partial charge on any atom is 0.257 e. The van der Waals surface area contributed by atoms with Crippen molar-refractivity contribution < 1.29 is 9.53 Å². The fourth-order valence-corrected chi connectivity index (χ4v) is 3.59. The van der Waals surface area contributed by atoms with Crippen molar-refractivity contribution in [3.05, 3.63) is 51.4 Å². The van der Waals surface area contributed by atoms with E-state index in [2.05, 4.69) is 20.5 Å². The van der Waals surface area contributed by atoms with E-state index in [9.17, 15) is 4.79 Å². The molecule has 24 heavy (non-hydrogen) atoms. The van der Waals surface area contributed by atoms with Crippen molar-refractivity contribution in [3.63, 3.8) is 0 Å². The summed E-state index contributed by atoms with van der Waals surface area (Å²) < 4.78 is 5.67. The number of amides is 1. The molecule has 1 aromatic carbocycles. The summed E-state index contributed by atoms with van der Waals surface area (Å²) in [4.78, 5) is 16.5. The molecular weight excluding hydrogens is 344 g/mol. The molecule has 0 spiro atoms. The molecule has 1 saturated carbocycles. The number of hydrogen-bond acceptors (Lipinski definition) is 7. The Morgan fingerprint density at radius 1 is 1.33 bits per heavy atom. The summed E-state index contributed by atoms with van der Waals surface area (Å²) in [7, 11) is 0. The molecule has 0 atom stereocenters. The van der Waals surface area contributed by atoms with Crippen molar-refractivity contribution >= 4 is 33.7 Å². The van der Waals surface area contributed by atoms with E-state index in [0.717, 1.165) is 10.7 Å². The molecule has 0 unspecified atom stereocenters. The summed E-state index contributed by atoms with van der Waals surface area (Å²) in [5, 5.41) is 14.4. The van der Waals surface area contributed by atoms with Gasteiger partial charge in [-0.15, -0.1) is 21.5 Å². The zero-order valence-corrected chi connectivity index (χ0v) is 14.3. The molecule has 6 nitrogen and oxygen atoms in total. The van der Waals surface area contributed by atoms with Gasteiger partial charge in [0, 0.05) is 16.9 Å². The Morgan fingerprint density at radius 2 is 2.25 bits per heavy atom. The topological polar surface area (TPSA) is 77.0 Å². The van der Waals surface area contributed by atoms with Gasteiger partial charge >= 0.3 is 0 Å². The molecule has 0 radical (unpaired) electrons. The number of benzene rings is 1. The van der Waals surface area contributed by atoms with Crippen molar-refractivity contribution in [2.75, 3.05) is 5.32 Å². The Balaban J connectivity index is 1.40. The predicted octanol–water partition coefficient (Wildman–Crippen LogP) is 3.70. The highest BCUT2D eigenvalue weighted by Crippen LogP contribution is 2.42. The zero-order chi connectivity index (χ0) is 16.4. The van der Waals surface area contributed by atoms with Gasteiger partial charge in [-0.25, -0.2) is 4.98 Å². The van der Waals surface area contributed by atoms with Crippen LogP contribution in [0.4, 0.5) is 5.13 Å². The van der Waals surface area contributed by atoms with Gasteiger partial charge in [0.1, 0.15) is 17.4 Å². The number of carbonyl (C=O) groups is 1. The molecule has 3 aromatic rings. The van der Waals surface area contributed by atoms with Gasteiger partial charge in [0.2, 0.25) is 5.13 Å². The molecule has 0 bridgehead atoms. The van der Waals surface area contributed by atoms with Crippen LogP contribution in [0.1, 0.15) is 39.8 Å². The number of rotatable bonds is 6. The van der Waals surface area contributed by atoms with Crippen LogP contribution in [-0.4, -0.2) is 21.1 Å². The summed E-state index contributed by atoms with van der Waals surface area (Å²) in [5.41, 5.74) is 3.16. The number of nitrogens with one attached hydrogen (secondary N) is 1. The van der Waals surface area contributed by atoms with Crippen LogP contribution in [-0.2, 0) is 6.61 Å². The number of aromatic nitrogens is 3. The van der Waals surface area contributed by atoms with Crippen molar-refractivity contribution in [2.24, 2.45) is 0 Å². The highest BCUT2D eigenvalue weighted by atomic mass is 32.1. The van der Waals surface area contributed by atoms with Crippen LogP contribution in [0, 0.1) is 0 Å². The van der Waals surface area contributed by atoms with E-state index in [-0.39, 0.29) is 5.91 Å². The number of nitrogens with zero attached hydrogens (tertiary/aromatic N) is 3. The average Bonchev–Trinajstić information content (AvgIpc) is 3.12. The molecule has 122 valence electrons. The summed E-state index contributed by atoms with van der Waals surface area (Å²) in [6.45, 7) is 0.385. The normalized spacial score (nSPS) is 13.7. The quantitative estimate of drug-likeness (QED) is 0.727. The lowest BCUT2D eigenvalue weighted by atomic mass is 10.2. The van der Waals surface area contributed by atoms with Crippen LogP contribution < -0.4 is 10.1 Å². The Morgan fingerprint density at radius 3 is 3.04 bits per heavy atom. The lowest BCUT2D eigenvalue weighted by molar-refractivity contribution is 0.102. The van der Waals surface area contributed by atoms with E-state index >= 15 is 0 Å². The van der Waals surface area contributed by atoms with Crippen LogP contribution in [0.3, 0.4) is 0 Å². The van der Waals surface area contributed by atoms with Crippen LogP contribution in [0.25, 0.3) is 0 Å². The number of carbonyl (C=O) groups excluding carboxylic acids is 1. The first-order valence-corrected chi connectivity index (χ1v) is 9.28. The van der Waals surface area contributed by atoms with E-state index in [1.165, 1.54) is 35.5 Å². The van der Waals surface area contributed by atoms with Gasteiger partial charge in [-0.3, -0.25) is 10.1 Å². The minimum absolute atomic E-state index is 0.215. The van der Waals surface area contributed by atoms with E-state index in [1.54, 1.807) is 23.7 Å². The minimum atomic E-state index is -0.215. The van der Waals surface area contributed by atoms with Crippen LogP contribution in [0.15, 0.2) is 35.2 Å². The predicted molar refractivity (Wildman–Crippen MR) is 92.7 cm³/mol. The van der Waals surface area contributed by atoms with Gasteiger partial charge in [-0.1, -0.05) is 17.4 Å². The van der Waals surface area contributed by atoms with Crippen LogP contribution in [0.5, 0.6) is 5.75 Å². The summed E-state index contributed by atoms with van der Waals surface area (Å²) >= 11 is 2.97. The Kier molecular flexibility index (Phi) is 4.22. The van der Waals surface area contributed by atoms with Gasteiger partial charge in [0.05, 0.1) is 11.2 Å². The number of ether oxygens (including phenoxy) is 1. The molecule has 0 saturated heterocycles. The standard InChI is InChI=1S/C16H14N4O2S2/c21-14(18-16-20-19-15(24-16)10-4-5-10)11-2-1-3-13(6-11)22-7-12-8-23-9-17-12/h1-3,6,8-10H,4-5,7H2,(H,18,20,21). The molecule has 4 rings (SSSR count). The first-order valence-electron chi connectivity index (χ1n) is 7.52. The molecule has 0 aliphatic heterocycles. The maximum absolute atomic E-state index is 12.4. The van der Waals surface area contributed by atoms with Gasteiger partial charge in [-0.2, -0.15) is 0 Å². The Labute approximate surface area is 146 Å². The molecule has 1 aliphatic rings. The number of anilines is 1. The number of thiazole rings is 1. The third-order valence-electron chi connectivity index (χ3n) is 3.55. The summed E-state index contributed by atoms with van der Waals surface area (Å²) in [5.74, 6) is 0.954. The maximum atomic E-state index is 12.4. The molecule has 8 heteroatoms. The van der Waals surface area contributed by atoms with Crippen molar-refractivity contribution in [2.45, 2.75) is 25.4 Å². The van der Waals surface area contributed by atoms with E-state index in [0.29, 0.717) is 29.0 Å². The Hall–Kier alpha value is -2.32. The average molecular weight is 358 g/mol. The summed E-state index contributed by atoms with van der Waals surface area (Å²) in [6, 6.07) is 7.07. The largest absolute Gasteiger partial charge is 0.487 e. The van der Waals surface area contributed by atoms with Gasteiger partial charge in [0.25, 0.3) is 5.91 Å². The molecule has 1 amide bonds. The van der Waals surface area contributed by atoms with Crippen molar-refractivity contribution in [1.29, 1.82) is 0 Å². The SMILES string of the molecule is O=C(Nc1nnc(C2CC2)s1)c1cccc(OCc2cscn2)c1. The van der Waals surface area contributed by atoms with Crippen LogP contribution in [0.2, 0.25) is 0 Å². The smallest absolute Gasteiger partial charge is 0.257 e. The summed E-state index contributed by atoms with van der Waals surface area (Å²) in [6.07, 6.45) is 2.34. The zero-order valence-electron chi connectivity index (χ0n) is 12.6. The third-order valence-corrected chi connectivity index (χ3v) is 5.19. The van der Waals surface area contributed by atoms with E-state index in [4.69, 9.17) is 4.74 Å². The molecule has 2 aromatic heterocycles. The molecule has 1 aliphatic carbocycles. The second-order valence-electron chi connectivity index (χ2n) is 5.47. The van der Waals surface area contributed by atoms with Gasteiger partial charge in [0.15, 0.2) is 0 Å². The van der Waals surface area contributed by atoms with Crippen molar-refractivity contribution in [1.82, 2.24) is 15.2 Å². The molecular formula is C16H14N4O2S2. The van der Waals surface area contributed by atoms with Gasteiger partial charge in [-0.05, 0) is 31.0 Å². The molecule has 2 heterocycles. The lowest BCUT2D eigenvalue weighted by Gasteiger charge is -2.06. The van der Waals surface area contributed by atoms with Crippen molar-refractivity contribution in [3.8, 4) is 5.75 Å². The fraction of sp³-hybridized carbons (Fsp3) is 0.250. The first-order chi connectivity index (χ1) is 11.8. The molecule has 1 fully saturated rings. The Bertz CT molecular complexity index is 843. The minimum Gasteiger partial charge on any atom is -0.487 e. The first kappa shape index (κ1) is 15.2. The second-order valence-corrected chi connectivity index (χ2v) is 7.20. The van der Waals surface area contributed by atoms with Gasteiger partial charge < -0.3 is 4.74 Å². The second kappa shape index (κ2) is 6.66. The molecule has 1 N–H and O–H groups in total. The highest BCUT2D eigenvalue weighted by Gasteiger charge is 2.27. The number of hydrogen-bond donors (Lipinski definition) is 1. The highest BCUT2D eigenvalue weighted by molar-refractivity contribution is 7.15. The lowest BCUT2D eigenvalue weighted by Crippen LogP contribution is -2.11. The van der Waals surface area contributed by atoms with E-state index < -0.39 is 0 Å². The monoisotopic (exact) mass is 358 g/mol. The third kappa shape index (κ3) is 3.60. The van der Waals surface area contributed by atoms with E-state index in [1.807, 2.05) is 11.4 Å². The fourth-order valence-electron chi connectivity index (χ4n) is 2.14. The van der Waals surface area contributed by atoms with Crippen LogP contribution >= 0.6 is 22.7 Å².